The number of H-pyrrole nitrogens is 1. The monoisotopic (exact) mass is 580 g/mol. The van der Waals surface area contributed by atoms with Gasteiger partial charge in [0.1, 0.15) is 11.6 Å². The number of phenolic OH excluding ortho intramolecular Hbond substituents is 1. The number of hydrogen-bond donors (Lipinski definition) is 3. The van der Waals surface area contributed by atoms with Crippen LogP contribution >= 0.6 is 0 Å². The van der Waals surface area contributed by atoms with E-state index >= 15 is 0 Å². The summed E-state index contributed by atoms with van der Waals surface area (Å²) in [7, 11) is 1.57. The summed E-state index contributed by atoms with van der Waals surface area (Å²) in [6.45, 7) is 0.818. The van der Waals surface area contributed by atoms with Crippen LogP contribution in [0.2, 0.25) is 0 Å². The van der Waals surface area contributed by atoms with Gasteiger partial charge in [-0.25, -0.2) is 15.0 Å². The Bertz CT molecular complexity index is 2130. The lowest BCUT2D eigenvalue weighted by Crippen LogP contribution is -2.11. The van der Waals surface area contributed by atoms with Crippen LogP contribution in [0.1, 0.15) is 15.9 Å². The largest absolute Gasteiger partial charge is 0.507 e. The van der Waals surface area contributed by atoms with Gasteiger partial charge in [-0.15, -0.1) is 0 Å². The van der Waals surface area contributed by atoms with Gasteiger partial charge < -0.3 is 24.7 Å². The Morgan fingerprint density at radius 3 is 2.64 bits per heavy atom. The van der Waals surface area contributed by atoms with E-state index in [0.717, 1.165) is 35.1 Å². The summed E-state index contributed by atoms with van der Waals surface area (Å²) in [6.07, 6.45) is 4.39. The van der Waals surface area contributed by atoms with Gasteiger partial charge in [-0.05, 0) is 84.3 Å². The number of amides is 1. The number of para-hydroxylation sites is 2. The molecule has 216 valence electrons. The van der Waals surface area contributed by atoms with Crippen molar-refractivity contribution in [3.05, 3.63) is 121 Å². The highest BCUT2D eigenvalue weighted by molar-refractivity contribution is 6.06. The Hall–Kier alpha value is -5.96. The molecule has 0 bridgehead atoms. The van der Waals surface area contributed by atoms with Crippen molar-refractivity contribution in [3.8, 4) is 34.1 Å². The fourth-order valence-electron chi connectivity index (χ4n) is 5.34. The van der Waals surface area contributed by atoms with E-state index in [-0.39, 0.29) is 11.7 Å². The van der Waals surface area contributed by atoms with Crippen molar-refractivity contribution in [3.63, 3.8) is 0 Å². The van der Waals surface area contributed by atoms with Gasteiger partial charge in [0, 0.05) is 29.6 Å². The second kappa shape index (κ2) is 11.4. The standard InChI is InChI=1S/C35H28N6O3/c1-44-35-26(5-4-17-36-35)23-11-15-32(42)27(19-23)33-39-28-14-10-24(20-30(28)40-33)34(43)38-25-12-8-22(9-13-25)16-18-41-21-37-29-6-2-3-7-31(29)41/h2-15,17,19-21,42H,16,18H2,1H3,(H,38,43)(H,39,40). The van der Waals surface area contributed by atoms with Crippen LogP contribution in [0.5, 0.6) is 11.6 Å². The molecule has 7 rings (SSSR count). The molecule has 3 N–H and O–H groups in total. The molecule has 9 heteroatoms. The molecule has 0 aliphatic rings. The molecule has 0 saturated heterocycles. The molecule has 3 heterocycles. The van der Waals surface area contributed by atoms with Gasteiger partial charge in [0.25, 0.3) is 5.91 Å². The molecule has 3 aromatic heterocycles. The summed E-state index contributed by atoms with van der Waals surface area (Å²) < 4.78 is 7.56. The minimum absolute atomic E-state index is 0.0791. The average Bonchev–Trinajstić information content (AvgIpc) is 3.68. The highest BCUT2D eigenvalue weighted by Gasteiger charge is 2.15. The first-order valence-corrected chi connectivity index (χ1v) is 14.2. The van der Waals surface area contributed by atoms with Gasteiger partial charge in [0.2, 0.25) is 5.88 Å². The summed E-state index contributed by atoms with van der Waals surface area (Å²) in [5, 5.41) is 13.6. The molecule has 0 saturated carbocycles. The van der Waals surface area contributed by atoms with E-state index < -0.39 is 0 Å². The van der Waals surface area contributed by atoms with Crippen molar-refractivity contribution in [2.75, 3.05) is 12.4 Å². The Morgan fingerprint density at radius 2 is 1.77 bits per heavy atom. The summed E-state index contributed by atoms with van der Waals surface area (Å²) in [4.78, 5) is 29.8. The van der Waals surface area contributed by atoms with Crippen LogP contribution in [0.3, 0.4) is 0 Å². The van der Waals surface area contributed by atoms with Crippen LogP contribution in [0.15, 0.2) is 110 Å². The summed E-state index contributed by atoms with van der Waals surface area (Å²) in [6, 6.07) is 30.3. The zero-order valence-corrected chi connectivity index (χ0v) is 23.9. The SMILES string of the molecule is COc1ncccc1-c1ccc(O)c(-c2nc3ccc(C(=O)Nc4ccc(CCn5cnc6ccccc65)cc4)cc3[nH]2)c1. The number of pyridine rings is 1. The van der Waals surface area contributed by atoms with E-state index in [9.17, 15) is 9.90 Å². The first kappa shape index (κ1) is 26.9. The van der Waals surface area contributed by atoms with Gasteiger partial charge in [0.05, 0.1) is 41.1 Å². The zero-order valence-electron chi connectivity index (χ0n) is 23.9. The molecule has 7 aromatic rings. The number of phenols is 1. The summed E-state index contributed by atoms with van der Waals surface area (Å²) >= 11 is 0. The Morgan fingerprint density at radius 1 is 0.909 bits per heavy atom. The maximum atomic E-state index is 13.1. The Kier molecular flexibility index (Phi) is 6.96. The number of aromatic hydroxyl groups is 1. The van der Waals surface area contributed by atoms with E-state index in [0.29, 0.717) is 39.6 Å². The van der Waals surface area contributed by atoms with Gasteiger partial charge in [0.15, 0.2) is 0 Å². The van der Waals surface area contributed by atoms with Crippen molar-refractivity contribution in [1.29, 1.82) is 0 Å². The lowest BCUT2D eigenvalue weighted by atomic mass is 10.0. The molecule has 1 amide bonds. The molecule has 0 atom stereocenters. The lowest BCUT2D eigenvalue weighted by molar-refractivity contribution is 0.102. The van der Waals surface area contributed by atoms with E-state index in [1.807, 2.05) is 67.0 Å². The number of imidazole rings is 2. The number of carbonyl (C=O) groups excluding carboxylic acids is 1. The molecule has 0 aliphatic carbocycles. The van der Waals surface area contributed by atoms with Crippen LogP contribution in [0.4, 0.5) is 5.69 Å². The van der Waals surface area contributed by atoms with Crippen LogP contribution in [0.25, 0.3) is 44.6 Å². The number of nitrogens with one attached hydrogen (secondary N) is 2. The van der Waals surface area contributed by atoms with Gasteiger partial charge in [-0.1, -0.05) is 30.3 Å². The zero-order chi connectivity index (χ0) is 30.0. The van der Waals surface area contributed by atoms with Gasteiger partial charge in [-0.2, -0.15) is 0 Å². The quantitative estimate of drug-likeness (QED) is 0.181. The number of aromatic nitrogens is 5. The number of fused-ring (bicyclic) bond motifs is 2. The number of methoxy groups -OCH3 is 1. The fraction of sp³-hybridized carbons (Fsp3) is 0.0857. The van der Waals surface area contributed by atoms with Crippen LogP contribution in [0, 0.1) is 0 Å². The van der Waals surface area contributed by atoms with Crippen LogP contribution in [-0.4, -0.2) is 42.6 Å². The normalized spacial score (nSPS) is 11.2. The molecule has 0 spiro atoms. The minimum Gasteiger partial charge on any atom is -0.507 e. The smallest absolute Gasteiger partial charge is 0.255 e. The topological polar surface area (TPSA) is 118 Å². The molecule has 0 unspecified atom stereocenters. The molecular weight excluding hydrogens is 552 g/mol. The lowest BCUT2D eigenvalue weighted by Gasteiger charge is -2.09. The predicted octanol–water partition coefficient (Wildman–Crippen LogP) is 6.85. The van der Waals surface area contributed by atoms with Crippen molar-refractivity contribution in [2.45, 2.75) is 13.0 Å². The average molecular weight is 581 g/mol. The molecule has 4 aromatic carbocycles. The number of hydrogen-bond acceptors (Lipinski definition) is 6. The van der Waals surface area contributed by atoms with Crippen molar-refractivity contribution >= 4 is 33.7 Å². The number of anilines is 1. The molecule has 9 nitrogen and oxygen atoms in total. The third kappa shape index (κ3) is 5.22. The molecular formula is C35H28N6O3. The van der Waals surface area contributed by atoms with Gasteiger partial charge in [-0.3, -0.25) is 4.79 Å². The first-order valence-electron chi connectivity index (χ1n) is 14.2. The number of aromatic amines is 1. The second-order valence-electron chi connectivity index (χ2n) is 10.4. The third-order valence-corrected chi connectivity index (χ3v) is 7.65. The Balaban J connectivity index is 1.06. The molecule has 0 aliphatic heterocycles. The van der Waals surface area contributed by atoms with Crippen molar-refractivity contribution < 1.29 is 14.6 Å². The van der Waals surface area contributed by atoms with E-state index in [1.165, 1.54) is 5.56 Å². The van der Waals surface area contributed by atoms with E-state index in [1.54, 1.807) is 43.6 Å². The number of carbonyl (C=O) groups is 1. The minimum atomic E-state index is -0.228. The second-order valence-corrected chi connectivity index (χ2v) is 10.4. The Labute approximate surface area is 252 Å². The number of nitrogens with zero attached hydrogens (tertiary/aromatic N) is 4. The van der Waals surface area contributed by atoms with E-state index in [4.69, 9.17) is 4.74 Å². The molecule has 0 fully saturated rings. The van der Waals surface area contributed by atoms with E-state index in [2.05, 4.69) is 35.9 Å². The number of aryl methyl sites for hydroxylation is 2. The number of rotatable bonds is 8. The number of benzene rings is 4. The maximum Gasteiger partial charge on any atom is 0.255 e. The summed E-state index contributed by atoms with van der Waals surface area (Å²) in [5.74, 6) is 0.825. The first-order chi connectivity index (χ1) is 21.6. The van der Waals surface area contributed by atoms with Crippen molar-refractivity contribution in [1.82, 2.24) is 24.5 Å². The van der Waals surface area contributed by atoms with Gasteiger partial charge >= 0.3 is 0 Å². The molecule has 0 radical (unpaired) electrons. The van der Waals surface area contributed by atoms with Crippen LogP contribution in [-0.2, 0) is 13.0 Å². The highest BCUT2D eigenvalue weighted by Crippen LogP contribution is 2.35. The number of ether oxygens (including phenoxy) is 1. The van der Waals surface area contributed by atoms with Crippen molar-refractivity contribution in [2.24, 2.45) is 0 Å². The summed E-state index contributed by atoms with van der Waals surface area (Å²) in [5.41, 5.74) is 7.98. The molecule has 44 heavy (non-hydrogen) atoms. The third-order valence-electron chi connectivity index (χ3n) is 7.65. The predicted molar refractivity (Wildman–Crippen MR) is 171 cm³/mol. The van der Waals surface area contributed by atoms with Crippen LogP contribution < -0.4 is 10.1 Å². The highest BCUT2D eigenvalue weighted by atomic mass is 16.5. The maximum absolute atomic E-state index is 13.1. The fourth-order valence-corrected chi connectivity index (χ4v) is 5.34.